The molecule has 0 aliphatic heterocycles. The minimum atomic E-state index is -2.62. The molecule has 0 spiro atoms. The molecule has 4 heteroatoms. The molecule has 0 N–H and O–H groups in total. The van der Waals surface area contributed by atoms with Gasteiger partial charge in [0.15, 0.2) is 0 Å². The van der Waals surface area contributed by atoms with Gasteiger partial charge in [-0.3, -0.25) is 0 Å². The van der Waals surface area contributed by atoms with Crippen LogP contribution in [0.4, 0.5) is 0 Å². The van der Waals surface area contributed by atoms with Crippen molar-refractivity contribution < 1.29 is 13.3 Å². The molecule has 0 aliphatic carbocycles. The molecule has 0 saturated carbocycles. The van der Waals surface area contributed by atoms with Crippen molar-refractivity contribution in [3.63, 3.8) is 0 Å². The van der Waals surface area contributed by atoms with E-state index in [-0.39, 0.29) is 0 Å². The Kier molecular flexibility index (Phi) is 10.6. The van der Waals surface area contributed by atoms with Gasteiger partial charge in [0.2, 0.25) is 0 Å². The molecule has 1 unspecified atom stereocenters. The van der Waals surface area contributed by atoms with E-state index in [1.165, 1.54) is 19.3 Å². The van der Waals surface area contributed by atoms with Gasteiger partial charge in [-0.2, -0.15) is 0 Å². The van der Waals surface area contributed by atoms with Crippen LogP contribution in [0.2, 0.25) is 0 Å². The van der Waals surface area contributed by atoms with E-state index in [9.17, 15) is 0 Å². The van der Waals surface area contributed by atoms with Crippen molar-refractivity contribution in [3.8, 4) is 0 Å². The molecule has 0 aromatic rings. The van der Waals surface area contributed by atoms with Crippen LogP contribution in [0.25, 0.3) is 0 Å². The van der Waals surface area contributed by atoms with Crippen molar-refractivity contribution in [2.45, 2.75) is 53.4 Å². The zero-order chi connectivity index (χ0) is 13.9. The van der Waals surface area contributed by atoms with Gasteiger partial charge in [0.1, 0.15) is 0 Å². The first-order chi connectivity index (χ1) is 8.67. The predicted molar refractivity (Wildman–Crippen MR) is 78.5 cm³/mol. The first kappa shape index (κ1) is 17.8. The lowest BCUT2D eigenvalue weighted by atomic mass is 10.0. The molecule has 0 aromatic carbocycles. The Morgan fingerprint density at radius 3 is 2.06 bits per heavy atom. The number of hydrogen-bond donors (Lipinski definition) is 0. The van der Waals surface area contributed by atoms with E-state index in [1.54, 1.807) is 5.70 Å². The summed E-state index contributed by atoms with van der Waals surface area (Å²) in [6.07, 6.45) is 4.85. The van der Waals surface area contributed by atoms with E-state index in [4.69, 9.17) is 13.3 Å². The normalized spacial score (nSPS) is 13.6. The van der Waals surface area contributed by atoms with Crippen molar-refractivity contribution in [2.24, 2.45) is 5.92 Å². The third-order valence-corrected chi connectivity index (χ3v) is 5.46. The van der Waals surface area contributed by atoms with Gasteiger partial charge >= 0.3 is 8.80 Å². The molecule has 0 aliphatic rings. The van der Waals surface area contributed by atoms with Crippen LogP contribution in [0.15, 0.2) is 12.3 Å². The third-order valence-electron chi connectivity index (χ3n) is 3.00. The van der Waals surface area contributed by atoms with E-state index >= 15 is 0 Å². The lowest BCUT2D eigenvalue weighted by Crippen LogP contribution is -2.45. The van der Waals surface area contributed by atoms with Crippen molar-refractivity contribution in [1.29, 1.82) is 0 Å². The fraction of sp³-hybridized carbons (Fsp3) is 0.857. The average molecular weight is 274 g/mol. The molecule has 0 saturated heterocycles. The first-order valence-electron chi connectivity index (χ1n) is 7.23. The molecule has 0 bridgehead atoms. The van der Waals surface area contributed by atoms with Gasteiger partial charge in [0.25, 0.3) is 0 Å². The van der Waals surface area contributed by atoms with Crippen molar-refractivity contribution in [2.75, 3.05) is 19.8 Å². The topological polar surface area (TPSA) is 27.7 Å². The Hall–Kier alpha value is -0.163. The summed E-state index contributed by atoms with van der Waals surface area (Å²) >= 11 is 0. The van der Waals surface area contributed by atoms with Gasteiger partial charge in [0, 0.05) is 19.8 Å². The van der Waals surface area contributed by atoms with Crippen molar-refractivity contribution in [1.82, 2.24) is 0 Å². The Labute approximate surface area is 114 Å². The van der Waals surface area contributed by atoms with Gasteiger partial charge in [-0.25, -0.2) is 0 Å². The zero-order valence-corrected chi connectivity index (χ0v) is 13.5. The highest BCUT2D eigenvalue weighted by Gasteiger charge is 2.37. The minimum Gasteiger partial charge on any atom is -0.371 e. The largest absolute Gasteiger partial charge is 0.529 e. The van der Waals surface area contributed by atoms with E-state index in [0.29, 0.717) is 19.1 Å². The molecular weight excluding hydrogens is 244 g/mol. The van der Waals surface area contributed by atoms with E-state index in [0.717, 1.165) is 13.0 Å². The Balaban J connectivity index is 4.33. The first-order valence-corrected chi connectivity index (χ1v) is 9.03. The molecule has 18 heavy (non-hydrogen) atoms. The number of rotatable bonds is 12. The average Bonchev–Trinajstić information content (AvgIpc) is 2.39. The number of hydrogen-bond acceptors (Lipinski definition) is 3. The van der Waals surface area contributed by atoms with E-state index in [1.807, 2.05) is 13.8 Å². The van der Waals surface area contributed by atoms with Crippen LogP contribution in [0.1, 0.15) is 53.4 Å². The molecule has 1 atom stereocenters. The van der Waals surface area contributed by atoms with Gasteiger partial charge in [-0.1, -0.05) is 39.7 Å². The van der Waals surface area contributed by atoms with E-state index in [2.05, 4.69) is 20.4 Å². The van der Waals surface area contributed by atoms with Crippen LogP contribution >= 0.6 is 0 Å². The van der Waals surface area contributed by atoms with Crippen molar-refractivity contribution in [3.05, 3.63) is 12.3 Å². The second kappa shape index (κ2) is 10.7. The van der Waals surface area contributed by atoms with Gasteiger partial charge in [-0.05, 0) is 31.9 Å². The molecule has 0 radical (unpaired) electrons. The molecule has 108 valence electrons. The lowest BCUT2D eigenvalue weighted by Gasteiger charge is -2.27. The zero-order valence-electron chi connectivity index (χ0n) is 12.5. The van der Waals surface area contributed by atoms with Gasteiger partial charge in [-0.15, -0.1) is 0 Å². The van der Waals surface area contributed by atoms with Crippen LogP contribution in [-0.4, -0.2) is 28.6 Å². The van der Waals surface area contributed by atoms with Crippen LogP contribution in [0.5, 0.6) is 0 Å². The second-order valence-electron chi connectivity index (χ2n) is 4.40. The van der Waals surface area contributed by atoms with Crippen LogP contribution in [-0.2, 0) is 13.3 Å². The maximum atomic E-state index is 5.99. The SMILES string of the molecule is C=C[Si](OCC)(OCC)OCC(CC)CCCC. The van der Waals surface area contributed by atoms with Crippen LogP contribution < -0.4 is 0 Å². The predicted octanol–water partition coefficient (Wildman–Crippen LogP) is 3.96. The van der Waals surface area contributed by atoms with Gasteiger partial charge in [0.05, 0.1) is 0 Å². The fourth-order valence-corrected chi connectivity index (χ4v) is 3.71. The minimum absolute atomic E-state index is 0.595. The molecule has 3 nitrogen and oxygen atoms in total. The summed E-state index contributed by atoms with van der Waals surface area (Å²) in [7, 11) is -2.62. The summed E-state index contributed by atoms with van der Waals surface area (Å²) in [4.78, 5) is 0. The quantitative estimate of drug-likeness (QED) is 0.504. The molecule has 0 fully saturated rings. The van der Waals surface area contributed by atoms with Crippen LogP contribution in [0.3, 0.4) is 0 Å². The second-order valence-corrected chi connectivity index (χ2v) is 6.88. The summed E-state index contributed by atoms with van der Waals surface area (Å²) < 4.78 is 17.4. The standard InChI is InChI=1S/C14H30O3Si/c1-6-11-12-14(7-2)13-17-18(10-5,15-8-3)16-9-4/h10,14H,5-9,11-13H2,1-4H3. The summed E-state index contributed by atoms with van der Waals surface area (Å²) in [5.74, 6) is 0.595. The Bertz CT molecular complexity index is 203. The van der Waals surface area contributed by atoms with Crippen molar-refractivity contribution >= 4 is 8.80 Å². The molecule has 0 rings (SSSR count). The molecule has 0 heterocycles. The summed E-state index contributed by atoms with van der Waals surface area (Å²) in [5, 5.41) is 0. The number of unbranched alkanes of at least 4 members (excludes halogenated alkanes) is 1. The monoisotopic (exact) mass is 274 g/mol. The molecule has 0 aromatic heterocycles. The Morgan fingerprint density at radius 1 is 1.06 bits per heavy atom. The molecule has 0 amide bonds. The lowest BCUT2D eigenvalue weighted by molar-refractivity contribution is 0.0644. The highest BCUT2D eigenvalue weighted by atomic mass is 28.4. The van der Waals surface area contributed by atoms with E-state index < -0.39 is 8.80 Å². The molecular formula is C14H30O3Si. The van der Waals surface area contributed by atoms with Crippen LogP contribution in [0, 0.1) is 5.92 Å². The Morgan fingerprint density at radius 2 is 1.67 bits per heavy atom. The fourth-order valence-electron chi connectivity index (χ4n) is 1.84. The highest BCUT2D eigenvalue weighted by Crippen LogP contribution is 2.18. The summed E-state index contributed by atoms with van der Waals surface area (Å²) in [6.45, 7) is 14.1. The third kappa shape index (κ3) is 6.68. The maximum absolute atomic E-state index is 5.99. The maximum Gasteiger partial charge on any atom is 0.529 e. The summed E-state index contributed by atoms with van der Waals surface area (Å²) in [5.41, 5.74) is 1.74. The van der Waals surface area contributed by atoms with Gasteiger partial charge < -0.3 is 13.3 Å². The summed E-state index contributed by atoms with van der Waals surface area (Å²) in [6, 6.07) is 0. The smallest absolute Gasteiger partial charge is 0.371 e. The highest BCUT2D eigenvalue weighted by molar-refractivity contribution is 6.66.